The van der Waals surface area contributed by atoms with E-state index in [4.69, 9.17) is 0 Å². The Balaban J connectivity index is 2.20. The first-order valence-electron chi connectivity index (χ1n) is 4.81. The summed E-state index contributed by atoms with van der Waals surface area (Å²) >= 11 is 0. The summed E-state index contributed by atoms with van der Waals surface area (Å²) in [5.74, 6) is 0. The monoisotopic (exact) mass is 177 g/mol. The Labute approximate surface area is 78.8 Å². The van der Waals surface area contributed by atoms with Gasteiger partial charge in [0, 0.05) is 31.7 Å². The maximum atomic E-state index is 4.14. The molecule has 0 aromatic carbocycles. The third-order valence-corrected chi connectivity index (χ3v) is 2.63. The van der Waals surface area contributed by atoms with E-state index in [0.29, 0.717) is 6.04 Å². The summed E-state index contributed by atoms with van der Waals surface area (Å²) in [6.07, 6.45) is 2.82. The van der Waals surface area contributed by atoms with Gasteiger partial charge in [0.25, 0.3) is 0 Å². The van der Waals surface area contributed by atoms with E-state index in [1.807, 2.05) is 0 Å². The van der Waals surface area contributed by atoms with Crippen molar-refractivity contribution in [2.45, 2.75) is 32.9 Å². The van der Waals surface area contributed by atoms with E-state index in [0.717, 1.165) is 19.5 Å². The molecule has 0 unspecified atom stereocenters. The van der Waals surface area contributed by atoms with Crippen LogP contribution in [-0.2, 0) is 13.0 Å². The Morgan fingerprint density at radius 2 is 2.31 bits per heavy atom. The van der Waals surface area contributed by atoms with Crippen LogP contribution in [-0.4, -0.2) is 27.7 Å². The molecule has 0 N–H and O–H groups in total. The van der Waals surface area contributed by atoms with Crippen LogP contribution in [0.2, 0.25) is 0 Å². The molecule has 70 valence electrons. The summed E-state index contributed by atoms with van der Waals surface area (Å²) in [6.45, 7) is 6.62. The predicted octanol–water partition coefficient (Wildman–Crippen LogP) is 1.24. The van der Waals surface area contributed by atoms with Crippen molar-refractivity contribution < 1.29 is 0 Å². The van der Waals surface area contributed by atoms with E-state index >= 15 is 0 Å². The topological polar surface area (TPSA) is 29.0 Å². The van der Waals surface area contributed by atoms with Crippen LogP contribution in [0.1, 0.15) is 25.1 Å². The van der Waals surface area contributed by atoms with Crippen molar-refractivity contribution in [2.75, 3.05) is 6.54 Å². The average Bonchev–Trinajstić information content (AvgIpc) is 2.17. The van der Waals surface area contributed by atoms with Crippen molar-refractivity contribution in [2.24, 2.45) is 0 Å². The third-order valence-electron chi connectivity index (χ3n) is 2.63. The molecule has 0 aliphatic carbocycles. The molecule has 2 rings (SSSR count). The number of rotatable bonds is 1. The van der Waals surface area contributed by atoms with Crippen molar-refractivity contribution in [1.29, 1.82) is 0 Å². The molecule has 1 aliphatic heterocycles. The van der Waals surface area contributed by atoms with Gasteiger partial charge in [-0.2, -0.15) is 10.2 Å². The molecule has 3 nitrogen and oxygen atoms in total. The van der Waals surface area contributed by atoms with Crippen molar-refractivity contribution >= 4 is 0 Å². The Morgan fingerprint density at radius 3 is 3.08 bits per heavy atom. The number of aromatic nitrogens is 2. The fraction of sp³-hybridized carbons (Fsp3) is 0.600. The molecule has 1 aliphatic rings. The zero-order valence-electron chi connectivity index (χ0n) is 8.20. The zero-order chi connectivity index (χ0) is 9.26. The van der Waals surface area contributed by atoms with Crippen LogP contribution >= 0.6 is 0 Å². The van der Waals surface area contributed by atoms with Crippen LogP contribution in [0.5, 0.6) is 0 Å². The van der Waals surface area contributed by atoms with E-state index in [9.17, 15) is 0 Å². The highest BCUT2D eigenvalue weighted by Crippen LogP contribution is 2.17. The third kappa shape index (κ3) is 1.70. The Morgan fingerprint density at radius 1 is 1.46 bits per heavy atom. The first-order valence-corrected chi connectivity index (χ1v) is 4.81. The number of hydrogen-bond acceptors (Lipinski definition) is 3. The highest BCUT2D eigenvalue weighted by Gasteiger charge is 2.18. The SMILES string of the molecule is CC(C)N1CCc2nnccc2C1. The van der Waals surface area contributed by atoms with Crippen LogP contribution in [0.4, 0.5) is 0 Å². The number of nitrogens with zero attached hydrogens (tertiary/aromatic N) is 3. The molecular formula is C10H15N3. The summed E-state index contributed by atoms with van der Waals surface area (Å²) in [5, 5.41) is 8.04. The number of hydrogen-bond donors (Lipinski definition) is 0. The maximum absolute atomic E-state index is 4.14. The van der Waals surface area contributed by atoms with Gasteiger partial charge in [-0.05, 0) is 25.5 Å². The van der Waals surface area contributed by atoms with E-state index in [-0.39, 0.29) is 0 Å². The molecule has 0 bridgehead atoms. The number of fused-ring (bicyclic) bond motifs is 1. The first-order chi connectivity index (χ1) is 6.27. The molecule has 0 saturated carbocycles. The summed E-state index contributed by atoms with van der Waals surface area (Å²) in [7, 11) is 0. The molecule has 1 aromatic rings. The van der Waals surface area contributed by atoms with Gasteiger partial charge in [0.1, 0.15) is 0 Å². The molecule has 0 amide bonds. The molecular weight excluding hydrogens is 162 g/mol. The highest BCUT2D eigenvalue weighted by molar-refractivity contribution is 5.20. The van der Waals surface area contributed by atoms with E-state index < -0.39 is 0 Å². The molecule has 1 aromatic heterocycles. The molecule has 0 saturated heterocycles. The van der Waals surface area contributed by atoms with Crippen LogP contribution in [0, 0.1) is 0 Å². The average molecular weight is 177 g/mol. The molecule has 0 radical (unpaired) electrons. The van der Waals surface area contributed by atoms with Gasteiger partial charge >= 0.3 is 0 Å². The van der Waals surface area contributed by atoms with Gasteiger partial charge in [-0.15, -0.1) is 0 Å². The summed E-state index contributed by atoms with van der Waals surface area (Å²) in [6, 6.07) is 2.71. The fourth-order valence-electron chi connectivity index (χ4n) is 1.73. The van der Waals surface area contributed by atoms with Crippen LogP contribution in [0.25, 0.3) is 0 Å². The Hall–Kier alpha value is -0.960. The van der Waals surface area contributed by atoms with E-state index in [1.165, 1.54) is 11.3 Å². The summed E-state index contributed by atoms with van der Waals surface area (Å²) in [5.41, 5.74) is 2.52. The second-order valence-corrected chi connectivity index (χ2v) is 3.82. The molecule has 3 heteroatoms. The zero-order valence-corrected chi connectivity index (χ0v) is 8.20. The van der Waals surface area contributed by atoms with Gasteiger partial charge < -0.3 is 0 Å². The lowest BCUT2D eigenvalue weighted by Crippen LogP contribution is -2.36. The first kappa shape index (κ1) is 8.63. The lowest BCUT2D eigenvalue weighted by Gasteiger charge is -2.30. The van der Waals surface area contributed by atoms with E-state index in [1.54, 1.807) is 6.20 Å². The highest BCUT2D eigenvalue weighted by atomic mass is 15.2. The van der Waals surface area contributed by atoms with Gasteiger partial charge in [0.05, 0.1) is 5.69 Å². The lowest BCUT2D eigenvalue weighted by atomic mass is 10.1. The molecule has 0 atom stereocenters. The molecule has 0 spiro atoms. The van der Waals surface area contributed by atoms with Gasteiger partial charge in [0.15, 0.2) is 0 Å². The van der Waals surface area contributed by atoms with Gasteiger partial charge in [-0.1, -0.05) is 0 Å². The molecule has 2 heterocycles. The minimum Gasteiger partial charge on any atom is -0.296 e. The quantitative estimate of drug-likeness (QED) is 0.646. The second-order valence-electron chi connectivity index (χ2n) is 3.82. The normalized spacial score (nSPS) is 17.5. The Kier molecular flexibility index (Phi) is 2.27. The smallest absolute Gasteiger partial charge is 0.0688 e. The van der Waals surface area contributed by atoms with Gasteiger partial charge in [-0.3, -0.25) is 4.90 Å². The van der Waals surface area contributed by atoms with Crippen molar-refractivity contribution in [3.05, 3.63) is 23.5 Å². The minimum absolute atomic E-state index is 0.626. The molecule has 0 fully saturated rings. The summed E-state index contributed by atoms with van der Waals surface area (Å²) in [4.78, 5) is 2.46. The van der Waals surface area contributed by atoms with Crippen LogP contribution in [0.3, 0.4) is 0 Å². The maximum Gasteiger partial charge on any atom is 0.0688 e. The van der Waals surface area contributed by atoms with Crippen molar-refractivity contribution in [3.8, 4) is 0 Å². The second kappa shape index (κ2) is 3.42. The lowest BCUT2D eigenvalue weighted by molar-refractivity contribution is 0.201. The Bertz CT molecular complexity index is 296. The minimum atomic E-state index is 0.626. The van der Waals surface area contributed by atoms with Gasteiger partial charge in [0.2, 0.25) is 0 Å². The van der Waals surface area contributed by atoms with Crippen LogP contribution in [0.15, 0.2) is 12.3 Å². The van der Waals surface area contributed by atoms with Gasteiger partial charge in [-0.25, -0.2) is 0 Å². The van der Waals surface area contributed by atoms with Crippen LogP contribution < -0.4 is 0 Å². The van der Waals surface area contributed by atoms with Crippen molar-refractivity contribution in [3.63, 3.8) is 0 Å². The fourth-order valence-corrected chi connectivity index (χ4v) is 1.73. The van der Waals surface area contributed by atoms with E-state index in [2.05, 4.69) is 35.0 Å². The standard InChI is InChI=1S/C10H15N3/c1-8(2)13-6-4-10-9(7-13)3-5-11-12-10/h3,5,8H,4,6-7H2,1-2H3. The predicted molar refractivity (Wildman–Crippen MR) is 51.3 cm³/mol. The van der Waals surface area contributed by atoms with Crippen molar-refractivity contribution in [1.82, 2.24) is 15.1 Å². The largest absolute Gasteiger partial charge is 0.296 e. The summed E-state index contributed by atoms with van der Waals surface area (Å²) < 4.78 is 0. The molecule has 13 heavy (non-hydrogen) atoms.